The van der Waals surface area contributed by atoms with Gasteiger partial charge in [0, 0.05) is 48.6 Å². The normalized spacial score (nSPS) is 17.5. The Morgan fingerprint density at radius 2 is 1.80 bits per heavy atom. The Morgan fingerprint density at radius 3 is 2.56 bits per heavy atom. The molecule has 4 heterocycles. The number of carbonyl (C=O) groups is 2. The molecule has 1 fully saturated rings. The lowest BCUT2D eigenvalue weighted by molar-refractivity contribution is 0.0992. The van der Waals surface area contributed by atoms with Crippen molar-refractivity contribution in [3.8, 4) is 5.75 Å². The molecule has 0 aliphatic carbocycles. The molecule has 2 amide bonds. The van der Waals surface area contributed by atoms with E-state index in [-0.39, 0.29) is 29.1 Å². The van der Waals surface area contributed by atoms with Crippen LogP contribution < -0.4 is 25.8 Å². The Labute approximate surface area is 245 Å². The predicted molar refractivity (Wildman–Crippen MR) is 160 cm³/mol. The van der Waals surface area contributed by atoms with Crippen molar-refractivity contribution in [2.24, 2.45) is 5.92 Å². The molecule has 2 aromatic heterocycles. The number of rotatable bonds is 7. The molecule has 0 spiro atoms. The zero-order chi connectivity index (χ0) is 28.5. The van der Waals surface area contributed by atoms with Crippen LogP contribution in [0.5, 0.6) is 5.75 Å². The second-order valence-corrected chi connectivity index (χ2v) is 11.1. The highest BCUT2D eigenvalue weighted by Crippen LogP contribution is 2.39. The third-order valence-corrected chi connectivity index (χ3v) is 7.97. The van der Waals surface area contributed by atoms with Crippen molar-refractivity contribution in [1.82, 2.24) is 4.57 Å². The highest BCUT2D eigenvalue weighted by molar-refractivity contribution is 9.10. The van der Waals surface area contributed by atoms with Gasteiger partial charge in [0.15, 0.2) is 10.4 Å². The van der Waals surface area contributed by atoms with Crippen LogP contribution in [0.25, 0.3) is 0 Å². The minimum absolute atomic E-state index is 0.0334. The minimum atomic E-state index is -0.421. The first-order chi connectivity index (χ1) is 19.9. The molecule has 4 aromatic rings. The monoisotopic (exact) mass is 616 g/mol. The molecule has 2 N–H and O–H groups in total. The Balaban J connectivity index is 1.29. The predicted octanol–water partition coefficient (Wildman–Crippen LogP) is 5.73. The maximum absolute atomic E-state index is 13.2. The van der Waals surface area contributed by atoms with Crippen molar-refractivity contribution in [1.29, 1.82) is 0 Å². The number of nitrogens with one attached hydrogen (secondary N) is 2. The van der Waals surface area contributed by atoms with Gasteiger partial charge in [0.25, 0.3) is 17.4 Å². The second kappa shape index (κ2) is 11.3. The summed E-state index contributed by atoms with van der Waals surface area (Å²) in [5.74, 6) is 0.618. The van der Waals surface area contributed by atoms with Crippen LogP contribution in [0, 0.1) is 5.92 Å². The minimum Gasteiger partial charge on any atom is -0.494 e. The lowest BCUT2D eigenvalue weighted by Crippen LogP contribution is -2.47. The van der Waals surface area contributed by atoms with Crippen LogP contribution in [-0.4, -0.2) is 36.1 Å². The number of nitrogens with zero attached hydrogens (tertiary/aromatic N) is 2. The smallest absolute Gasteiger partial charge is 0.291 e. The van der Waals surface area contributed by atoms with E-state index < -0.39 is 5.91 Å². The number of pyridine rings is 1. The average molecular weight is 618 g/mol. The van der Waals surface area contributed by atoms with Gasteiger partial charge in [-0.25, -0.2) is 0 Å². The van der Waals surface area contributed by atoms with Gasteiger partial charge in [0.05, 0.1) is 18.0 Å². The van der Waals surface area contributed by atoms with E-state index in [1.165, 1.54) is 0 Å². The van der Waals surface area contributed by atoms with Crippen LogP contribution in [0.1, 0.15) is 45.9 Å². The Bertz CT molecular complexity index is 1660. The van der Waals surface area contributed by atoms with Crippen LogP contribution >= 0.6 is 15.9 Å². The zero-order valence-electron chi connectivity index (χ0n) is 22.4. The van der Waals surface area contributed by atoms with Gasteiger partial charge in [-0.05, 0) is 95.9 Å². The van der Waals surface area contributed by atoms with Gasteiger partial charge in [-0.3, -0.25) is 14.4 Å². The summed E-state index contributed by atoms with van der Waals surface area (Å²) in [6.07, 6.45) is 1.00. The van der Waals surface area contributed by atoms with Crippen molar-refractivity contribution in [3.63, 3.8) is 0 Å². The lowest BCUT2D eigenvalue weighted by atomic mass is 9.83. The second-order valence-electron chi connectivity index (χ2n) is 10.3. The molecular weight excluding hydrogens is 588 g/mol. The third-order valence-electron chi connectivity index (χ3n) is 7.55. The lowest BCUT2D eigenvalue weighted by Gasteiger charge is -2.44. The number of anilines is 3. The summed E-state index contributed by atoms with van der Waals surface area (Å²) in [5.41, 5.74) is 3.41. The number of ether oxygens (including phenoxy) is 1. The molecule has 0 saturated carbocycles. The Hall–Kier alpha value is -4.31. The van der Waals surface area contributed by atoms with Crippen LogP contribution in [-0.2, 0) is 6.54 Å². The molecule has 10 heteroatoms. The zero-order valence-corrected chi connectivity index (χ0v) is 24.0. The van der Waals surface area contributed by atoms with E-state index in [1.54, 1.807) is 54.6 Å². The highest BCUT2D eigenvalue weighted by Gasteiger charge is 2.35. The van der Waals surface area contributed by atoms with Crippen molar-refractivity contribution in [3.05, 3.63) is 105 Å². The van der Waals surface area contributed by atoms with E-state index in [2.05, 4.69) is 31.5 Å². The molecule has 9 nitrogen and oxygen atoms in total. The first kappa shape index (κ1) is 26.9. The van der Waals surface area contributed by atoms with Gasteiger partial charge >= 0.3 is 0 Å². The molecule has 2 aliphatic heterocycles. The fourth-order valence-electron chi connectivity index (χ4n) is 5.77. The molecule has 0 unspecified atom stereocenters. The van der Waals surface area contributed by atoms with Crippen molar-refractivity contribution in [2.75, 3.05) is 35.2 Å². The molecular formula is C31H29BrN4O5. The number of furan rings is 1. The number of piperidine rings is 1. The summed E-state index contributed by atoms with van der Waals surface area (Å²) in [6.45, 7) is 4.55. The summed E-state index contributed by atoms with van der Waals surface area (Å²) in [4.78, 5) is 41.1. The molecule has 2 atom stereocenters. The summed E-state index contributed by atoms with van der Waals surface area (Å²) in [7, 11) is 0. The van der Waals surface area contributed by atoms with E-state index in [1.807, 2.05) is 29.7 Å². The van der Waals surface area contributed by atoms with E-state index in [0.29, 0.717) is 41.3 Å². The number of hydrogen-bond acceptors (Lipinski definition) is 6. The van der Waals surface area contributed by atoms with E-state index in [0.717, 1.165) is 30.1 Å². The SMILES string of the molecule is CCOc1ccc(NC(=O)c2ccc(N3C[C@@H]4C[C@@H](C3)c3cccc(=O)n3C4)c(NC(=O)c3ccc(Br)o3)c2)cc1. The molecule has 2 bridgehead atoms. The fourth-order valence-corrected chi connectivity index (χ4v) is 6.08. The summed E-state index contributed by atoms with van der Waals surface area (Å²) in [6, 6.07) is 21.2. The molecule has 2 aromatic carbocycles. The van der Waals surface area contributed by atoms with Gasteiger partial charge in [-0.15, -0.1) is 0 Å². The average Bonchev–Trinajstić information content (AvgIpc) is 3.41. The Kier molecular flexibility index (Phi) is 7.40. The summed E-state index contributed by atoms with van der Waals surface area (Å²) >= 11 is 3.24. The van der Waals surface area contributed by atoms with Gasteiger partial charge in [0.1, 0.15) is 5.75 Å². The van der Waals surface area contributed by atoms with Gasteiger partial charge in [0.2, 0.25) is 0 Å². The van der Waals surface area contributed by atoms with Crippen LogP contribution in [0.4, 0.5) is 17.1 Å². The van der Waals surface area contributed by atoms with E-state index in [4.69, 9.17) is 9.15 Å². The summed E-state index contributed by atoms with van der Waals surface area (Å²) < 4.78 is 13.3. The molecule has 210 valence electrons. The largest absolute Gasteiger partial charge is 0.494 e. The molecule has 1 saturated heterocycles. The number of fused-ring (bicyclic) bond motifs is 4. The quantitative estimate of drug-likeness (QED) is 0.275. The van der Waals surface area contributed by atoms with Gasteiger partial charge in [-0.1, -0.05) is 6.07 Å². The maximum Gasteiger partial charge on any atom is 0.291 e. The number of benzene rings is 2. The first-order valence-electron chi connectivity index (χ1n) is 13.6. The maximum atomic E-state index is 13.2. The fraction of sp³-hybridized carbons (Fsp3) is 0.258. The molecule has 6 rings (SSSR count). The number of hydrogen-bond donors (Lipinski definition) is 2. The number of halogens is 1. The summed E-state index contributed by atoms with van der Waals surface area (Å²) in [5, 5.41) is 5.88. The van der Waals surface area contributed by atoms with Crippen molar-refractivity contribution < 1.29 is 18.7 Å². The van der Waals surface area contributed by atoms with Crippen molar-refractivity contribution >= 4 is 44.8 Å². The van der Waals surface area contributed by atoms with Crippen LogP contribution in [0.15, 0.2) is 86.7 Å². The van der Waals surface area contributed by atoms with Crippen LogP contribution in [0.3, 0.4) is 0 Å². The number of aromatic nitrogens is 1. The number of amides is 2. The van der Waals surface area contributed by atoms with Gasteiger partial charge in [-0.2, -0.15) is 0 Å². The standard InChI is InChI=1S/C31H29BrN4O5/c1-2-40-23-9-7-22(8-10-23)33-30(38)20-6-11-26(24(15-20)34-31(39)27-12-13-28(32)41-27)35-16-19-14-21(18-35)25-4-3-5-29(37)36(25)17-19/h3-13,15,19,21H,2,14,16-18H2,1H3,(H,33,38)(H,34,39)/t19-,21-/m0/s1. The van der Waals surface area contributed by atoms with Crippen molar-refractivity contribution in [2.45, 2.75) is 25.8 Å². The molecule has 0 radical (unpaired) electrons. The molecule has 41 heavy (non-hydrogen) atoms. The van der Waals surface area contributed by atoms with E-state index in [9.17, 15) is 14.4 Å². The third kappa shape index (κ3) is 5.65. The highest BCUT2D eigenvalue weighted by atomic mass is 79.9. The van der Waals surface area contributed by atoms with E-state index >= 15 is 0 Å². The molecule has 2 aliphatic rings. The van der Waals surface area contributed by atoms with Gasteiger partial charge < -0.3 is 29.3 Å². The Morgan fingerprint density at radius 1 is 0.976 bits per heavy atom. The first-order valence-corrected chi connectivity index (χ1v) is 14.4. The van der Waals surface area contributed by atoms with Crippen LogP contribution in [0.2, 0.25) is 0 Å². The number of carbonyl (C=O) groups excluding carboxylic acids is 2. The topological polar surface area (TPSA) is 106 Å².